The molecule has 88 valence electrons. The molecular formula is C13H13NO3. The smallest absolute Gasteiger partial charge is 0.287 e. The number of hydrogen-bond donors (Lipinski definition) is 2. The molecule has 1 amide bonds. The van der Waals surface area contributed by atoms with Crippen molar-refractivity contribution in [3.8, 4) is 0 Å². The van der Waals surface area contributed by atoms with Crippen LogP contribution in [0.15, 0.2) is 53.1 Å². The summed E-state index contributed by atoms with van der Waals surface area (Å²) < 4.78 is 4.98. The number of aliphatic hydroxyl groups is 1. The van der Waals surface area contributed by atoms with Crippen LogP contribution in [0.2, 0.25) is 0 Å². The Labute approximate surface area is 98.9 Å². The second-order valence-corrected chi connectivity index (χ2v) is 3.60. The Bertz CT molecular complexity index is 465. The summed E-state index contributed by atoms with van der Waals surface area (Å²) in [5.41, 5.74) is 0.856. The Morgan fingerprint density at radius 1 is 1.24 bits per heavy atom. The molecule has 1 atom stereocenters. The van der Waals surface area contributed by atoms with Crippen molar-refractivity contribution in [1.29, 1.82) is 0 Å². The van der Waals surface area contributed by atoms with Crippen LogP contribution in [0.25, 0.3) is 0 Å². The van der Waals surface area contributed by atoms with E-state index in [-0.39, 0.29) is 18.3 Å². The van der Waals surface area contributed by atoms with Gasteiger partial charge < -0.3 is 14.8 Å². The predicted molar refractivity (Wildman–Crippen MR) is 62.4 cm³/mol. The van der Waals surface area contributed by atoms with Gasteiger partial charge in [-0.25, -0.2) is 0 Å². The zero-order chi connectivity index (χ0) is 12.1. The van der Waals surface area contributed by atoms with Crippen LogP contribution in [-0.4, -0.2) is 17.6 Å². The van der Waals surface area contributed by atoms with E-state index in [0.717, 1.165) is 5.56 Å². The summed E-state index contributed by atoms with van der Waals surface area (Å²) in [7, 11) is 0. The molecule has 0 aliphatic carbocycles. The lowest BCUT2D eigenvalue weighted by molar-refractivity contribution is 0.0888. The molecule has 0 radical (unpaired) electrons. The number of amides is 1. The molecule has 1 aromatic carbocycles. The van der Waals surface area contributed by atoms with Crippen LogP contribution >= 0.6 is 0 Å². The van der Waals surface area contributed by atoms with E-state index >= 15 is 0 Å². The molecular weight excluding hydrogens is 218 g/mol. The van der Waals surface area contributed by atoms with E-state index < -0.39 is 6.04 Å². The molecule has 0 aliphatic heterocycles. The highest BCUT2D eigenvalue weighted by Gasteiger charge is 2.15. The van der Waals surface area contributed by atoms with E-state index in [2.05, 4.69) is 5.32 Å². The van der Waals surface area contributed by atoms with Crippen molar-refractivity contribution < 1.29 is 14.3 Å². The number of carbonyl (C=O) groups excluding carboxylic acids is 1. The van der Waals surface area contributed by atoms with Crippen molar-refractivity contribution in [1.82, 2.24) is 5.32 Å². The van der Waals surface area contributed by atoms with Crippen molar-refractivity contribution in [3.63, 3.8) is 0 Å². The summed E-state index contributed by atoms with van der Waals surface area (Å²) in [4.78, 5) is 11.7. The van der Waals surface area contributed by atoms with Crippen LogP contribution in [0.3, 0.4) is 0 Å². The van der Waals surface area contributed by atoms with Crippen LogP contribution < -0.4 is 5.32 Å². The van der Waals surface area contributed by atoms with Gasteiger partial charge in [-0.05, 0) is 17.7 Å². The number of furan rings is 1. The van der Waals surface area contributed by atoms with Crippen LogP contribution in [0.4, 0.5) is 0 Å². The monoisotopic (exact) mass is 231 g/mol. The lowest BCUT2D eigenvalue weighted by Gasteiger charge is -2.15. The van der Waals surface area contributed by atoms with Crippen molar-refractivity contribution in [3.05, 3.63) is 60.1 Å². The summed E-state index contributed by atoms with van der Waals surface area (Å²) in [6, 6.07) is 12.1. The molecule has 17 heavy (non-hydrogen) atoms. The van der Waals surface area contributed by atoms with Gasteiger partial charge in [0.05, 0.1) is 18.9 Å². The van der Waals surface area contributed by atoms with Crippen molar-refractivity contribution in [2.45, 2.75) is 6.04 Å². The number of hydrogen-bond acceptors (Lipinski definition) is 3. The van der Waals surface area contributed by atoms with Crippen molar-refractivity contribution in [2.75, 3.05) is 6.61 Å². The summed E-state index contributed by atoms with van der Waals surface area (Å²) in [6.45, 7) is -0.156. The van der Waals surface area contributed by atoms with Gasteiger partial charge in [-0.1, -0.05) is 30.3 Å². The zero-order valence-electron chi connectivity index (χ0n) is 9.17. The third-order valence-electron chi connectivity index (χ3n) is 2.43. The zero-order valence-corrected chi connectivity index (χ0v) is 9.17. The van der Waals surface area contributed by atoms with Gasteiger partial charge in [0.15, 0.2) is 5.76 Å². The molecule has 0 saturated carbocycles. The van der Waals surface area contributed by atoms with E-state index in [1.54, 1.807) is 12.1 Å². The fraction of sp³-hybridized carbons (Fsp3) is 0.154. The lowest BCUT2D eigenvalue weighted by Crippen LogP contribution is -2.30. The van der Waals surface area contributed by atoms with Gasteiger partial charge in [0, 0.05) is 0 Å². The maximum Gasteiger partial charge on any atom is 0.287 e. The third kappa shape index (κ3) is 2.73. The first-order valence-corrected chi connectivity index (χ1v) is 5.31. The van der Waals surface area contributed by atoms with Crippen LogP contribution in [0.5, 0.6) is 0 Å². The minimum atomic E-state index is -0.422. The Balaban J connectivity index is 2.09. The van der Waals surface area contributed by atoms with E-state index in [9.17, 15) is 9.90 Å². The number of benzene rings is 1. The third-order valence-corrected chi connectivity index (χ3v) is 2.43. The fourth-order valence-electron chi connectivity index (χ4n) is 1.56. The Morgan fingerprint density at radius 2 is 2.00 bits per heavy atom. The average Bonchev–Trinajstić information content (AvgIpc) is 2.90. The molecule has 2 rings (SSSR count). The van der Waals surface area contributed by atoms with E-state index in [4.69, 9.17) is 4.42 Å². The molecule has 4 heteroatoms. The Morgan fingerprint density at radius 3 is 2.59 bits per heavy atom. The topological polar surface area (TPSA) is 62.5 Å². The highest BCUT2D eigenvalue weighted by Crippen LogP contribution is 2.12. The molecule has 4 nitrogen and oxygen atoms in total. The van der Waals surface area contributed by atoms with Gasteiger partial charge in [-0.2, -0.15) is 0 Å². The summed E-state index contributed by atoms with van der Waals surface area (Å²) in [5.74, 6) is -0.0997. The first-order chi connectivity index (χ1) is 8.31. The quantitative estimate of drug-likeness (QED) is 0.842. The molecule has 0 spiro atoms. The van der Waals surface area contributed by atoms with Crippen LogP contribution in [-0.2, 0) is 0 Å². The number of aliphatic hydroxyl groups excluding tert-OH is 1. The minimum Gasteiger partial charge on any atom is -0.459 e. The largest absolute Gasteiger partial charge is 0.459 e. The minimum absolute atomic E-state index is 0.156. The molecule has 0 aliphatic rings. The maximum atomic E-state index is 11.7. The molecule has 1 aromatic heterocycles. The molecule has 2 aromatic rings. The molecule has 0 unspecified atom stereocenters. The van der Waals surface area contributed by atoms with Crippen molar-refractivity contribution in [2.24, 2.45) is 0 Å². The molecule has 0 saturated heterocycles. The highest BCUT2D eigenvalue weighted by atomic mass is 16.3. The first kappa shape index (κ1) is 11.4. The number of rotatable bonds is 4. The molecule has 1 heterocycles. The van der Waals surface area contributed by atoms with Gasteiger partial charge in [0.1, 0.15) is 0 Å². The number of carbonyl (C=O) groups is 1. The highest BCUT2D eigenvalue weighted by molar-refractivity contribution is 5.91. The van der Waals surface area contributed by atoms with Gasteiger partial charge in [0.25, 0.3) is 5.91 Å². The lowest BCUT2D eigenvalue weighted by atomic mass is 10.1. The standard InChI is InChI=1S/C13H13NO3/c15-9-11(10-5-2-1-3-6-10)14-13(16)12-7-4-8-17-12/h1-8,11,15H,9H2,(H,14,16)/t11-/m1/s1. The van der Waals surface area contributed by atoms with E-state index in [0.29, 0.717) is 0 Å². The average molecular weight is 231 g/mol. The second kappa shape index (κ2) is 5.32. The van der Waals surface area contributed by atoms with Gasteiger partial charge >= 0.3 is 0 Å². The summed E-state index contributed by atoms with van der Waals surface area (Å²) >= 11 is 0. The SMILES string of the molecule is O=C(N[C@H](CO)c1ccccc1)c1ccco1. The normalized spacial score (nSPS) is 12.1. The first-order valence-electron chi connectivity index (χ1n) is 5.31. The van der Waals surface area contributed by atoms with Crippen LogP contribution in [0, 0.1) is 0 Å². The fourth-order valence-corrected chi connectivity index (χ4v) is 1.56. The summed E-state index contributed by atoms with van der Waals surface area (Å²) in [6.07, 6.45) is 1.44. The van der Waals surface area contributed by atoms with Gasteiger partial charge in [0.2, 0.25) is 0 Å². The molecule has 0 bridgehead atoms. The van der Waals surface area contributed by atoms with E-state index in [1.165, 1.54) is 6.26 Å². The number of nitrogens with one attached hydrogen (secondary N) is 1. The summed E-state index contributed by atoms with van der Waals surface area (Å²) in [5, 5.41) is 12.0. The maximum absolute atomic E-state index is 11.7. The Hall–Kier alpha value is -2.07. The Kier molecular flexibility index (Phi) is 3.57. The van der Waals surface area contributed by atoms with Gasteiger partial charge in [-0.3, -0.25) is 4.79 Å². The second-order valence-electron chi connectivity index (χ2n) is 3.60. The predicted octanol–water partition coefficient (Wildman–Crippen LogP) is 1.74. The van der Waals surface area contributed by atoms with E-state index in [1.807, 2.05) is 30.3 Å². The van der Waals surface area contributed by atoms with Crippen molar-refractivity contribution >= 4 is 5.91 Å². The van der Waals surface area contributed by atoms with Crippen LogP contribution in [0.1, 0.15) is 22.2 Å². The molecule has 0 fully saturated rings. The molecule has 2 N–H and O–H groups in total. The van der Waals surface area contributed by atoms with Gasteiger partial charge in [-0.15, -0.1) is 0 Å².